The van der Waals surface area contributed by atoms with Crippen LogP contribution in [0.15, 0.2) is 34.4 Å². The number of nitrogens with zero attached hydrogens (tertiary/aromatic N) is 1. The van der Waals surface area contributed by atoms with Crippen LogP contribution in [0.3, 0.4) is 0 Å². The SMILES string of the molecule is OC(=Cc1nc2ccccc2o1)C(F)(F)F. The van der Waals surface area contributed by atoms with Crippen LogP contribution in [0.5, 0.6) is 0 Å². The van der Waals surface area contributed by atoms with Gasteiger partial charge in [-0.1, -0.05) is 12.1 Å². The Bertz CT molecular complexity index is 509. The van der Waals surface area contributed by atoms with E-state index in [1.165, 1.54) is 0 Å². The second kappa shape index (κ2) is 3.55. The van der Waals surface area contributed by atoms with Crippen LogP contribution in [0, 0.1) is 0 Å². The highest BCUT2D eigenvalue weighted by atomic mass is 19.4. The van der Waals surface area contributed by atoms with E-state index in [4.69, 9.17) is 9.52 Å². The van der Waals surface area contributed by atoms with Gasteiger partial charge in [-0.2, -0.15) is 13.2 Å². The van der Waals surface area contributed by atoms with Crippen molar-refractivity contribution in [3.05, 3.63) is 35.9 Å². The lowest BCUT2D eigenvalue weighted by Crippen LogP contribution is -2.10. The fraction of sp³-hybridized carbons (Fsp3) is 0.100. The molecule has 0 saturated carbocycles. The number of aromatic nitrogens is 1. The smallest absolute Gasteiger partial charge is 0.448 e. The topological polar surface area (TPSA) is 46.3 Å². The van der Waals surface area contributed by atoms with E-state index in [2.05, 4.69) is 4.98 Å². The second-order valence-electron chi connectivity index (χ2n) is 3.05. The molecule has 0 radical (unpaired) electrons. The molecule has 0 saturated heterocycles. The van der Waals surface area contributed by atoms with E-state index in [9.17, 15) is 13.2 Å². The van der Waals surface area contributed by atoms with Crippen molar-refractivity contribution in [3.63, 3.8) is 0 Å². The molecule has 1 aromatic carbocycles. The van der Waals surface area contributed by atoms with Gasteiger partial charge in [0.15, 0.2) is 5.58 Å². The summed E-state index contributed by atoms with van der Waals surface area (Å²) in [4.78, 5) is 3.76. The molecule has 3 nitrogen and oxygen atoms in total. The fourth-order valence-electron chi connectivity index (χ4n) is 1.15. The molecule has 84 valence electrons. The highest BCUT2D eigenvalue weighted by Gasteiger charge is 2.34. The Morgan fingerprint density at radius 1 is 1.31 bits per heavy atom. The predicted octanol–water partition coefficient (Wildman–Crippen LogP) is 3.29. The molecule has 1 aromatic heterocycles. The van der Waals surface area contributed by atoms with Gasteiger partial charge in [0.05, 0.1) is 0 Å². The summed E-state index contributed by atoms with van der Waals surface area (Å²) in [7, 11) is 0. The largest absolute Gasteiger partial charge is 0.504 e. The summed E-state index contributed by atoms with van der Waals surface area (Å²) >= 11 is 0. The van der Waals surface area contributed by atoms with E-state index >= 15 is 0 Å². The molecule has 0 aliphatic carbocycles. The zero-order chi connectivity index (χ0) is 11.8. The van der Waals surface area contributed by atoms with E-state index < -0.39 is 11.9 Å². The molecule has 0 atom stereocenters. The minimum absolute atomic E-state index is 0.281. The third-order valence-corrected chi connectivity index (χ3v) is 1.86. The molecular weight excluding hydrogens is 223 g/mol. The van der Waals surface area contributed by atoms with E-state index in [-0.39, 0.29) is 5.89 Å². The van der Waals surface area contributed by atoms with Crippen molar-refractivity contribution in [2.45, 2.75) is 6.18 Å². The fourth-order valence-corrected chi connectivity index (χ4v) is 1.15. The molecule has 2 rings (SSSR count). The summed E-state index contributed by atoms with van der Waals surface area (Å²) in [6.07, 6.45) is -4.35. The maximum Gasteiger partial charge on any atom is 0.448 e. The maximum absolute atomic E-state index is 12.0. The van der Waals surface area contributed by atoms with E-state index in [0.29, 0.717) is 17.2 Å². The average molecular weight is 229 g/mol. The first-order valence-electron chi connectivity index (χ1n) is 4.30. The van der Waals surface area contributed by atoms with E-state index in [1.807, 2.05) is 0 Å². The van der Waals surface area contributed by atoms with Crippen LogP contribution in [0.4, 0.5) is 13.2 Å². The number of fused-ring (bicyclic) bond motifs is 1. The highest BCUT2D eigenvalue weighted by molar-refractivity contribution is 5.73. The molecule has 1 N–H and O–H groups in total. The van der Waals surface area contributed by atoms with Gasteiger partial charge in [0.2, 0.25) is 11.6 Å². The molecule has 0 aliphatic rings. The van der Waals surface area contributed by atoms with Crippen LogP contribution in [-0.4, -0.2) is 16.3 Å². The summed E-state index contributed by atoms with van der Waals surface area (Å²) in [5, 5.41) is 8.70. The lowest BCUT2D eigenvalue weighted by Gasteiger charge is -2.02. The molecule has 0 fully saturated rings. The lowest BCUT2D eigenvalue weighted by molar-refractivity contribution is -0.119. The van der Waals surface area contributed by atoms with Crippen molar-refractivity contribution in [2.24, 2.45) is 0 Å². The number of aliphatic hydroxyl groups excluding tert-OH is 1. The number of allylic oxidation sites excluding steroid dienone is 1. The molecule has 0 aliphatic heterocycles. The maximum atomic E-state index is 12.0. The molecule has 0 unspecified atom stereocenters. The zero-order valence-electron chi connectivity index (χ0n) is 7.82. The first-order chi connectivity index (χ1) is 7.47. The Morgan fingerprint density at radius 3 is 2.62 bits per heavy atom. The Labute approximate surface area is 87.8 Å². The summed E-state index contributed by atoms with van der Waals surface area (Å²) in [5.74, 6) is -2.02. The number of benzene rings is 1. The van der Waals surface area contributed by atoms with Crippen LogP contribution in [0.2, 0.25) is 0 Å². The first-order valence-corrected chi connectivity index (χ1v) is 4.30. The zero-order valence-corrected chi connectivity index (χ0v) is 7.82. The highest BCUT2D eigenvalue weighted by Crippen LogP contribution is 2.25. The minimum atomic E-state index is -4.79. The van der Waals surface area contributed by atoms with Gasteiger partial charge in [0, 0.05) is 6.08 Å². The molecule has 0 bridgehead atoms. The standard InChI is InChI=1S/C10H6F3NO2/c11-10(12,13)8(15)5-9-14-6-3-1-2-4-7(6)16-9/h1-5,15H. The molecule has 1 heterocycles. The number of alkyl halides is 3. The minimum Gasteiger partial charge on any atom is -0.504 e. The van der Waals surface area contributed by atoms with E-state index in [1.54, 1.807) is 24.3 Å². The molecule has 2 aromatic rings. The van der Waals surface area contributed by atoms with Gasteiger partial charge in [-0.3, -0.25) is 0 Å². The number of halogens is 3. The Balaban J connectivity index is 2.42. The van der Waals surface area contributed by atoms with Gasteiger partial charge in [-0.05, 0) is 12.1 Å². The number of rotatable bonds is 1. The summed E-state index contributed by atoms with van der Waals surface area (Å²) in [6.45, 7) is 0. The third-order valence-electron chi connectivity index (χ3n) is 1.86. The quantitative estimate of drug-likeness (QED) is 0.763. The Hall–Kier alpha value is -1.98. The van der Waals surface area contributed by atoms with Crippen LogP contribution >= 0.6 is 0 Å². The number of aliphatic hydroxyl groups is 1. The van der Waals surface area contributed by atoms with Gasteiger partial charge in [0.25, 0.3) is 0 Å². The van der Waals surface area contributed by atoms with Crippen molar-refractivity contribution in [3.8, 4) is 0 Å². The van der Waals surface area contributed by atoms with Crippen molar-refractivity contribution in [1.29, 1.82) is 0 Å². The molecular formula is C10H6F3NO2. The van der Waals surface area contributed by atoms with Crippen molar-refractivity contribution >= 4 is 17.2 Å². The summed E-state index contributed by atoms with van der Waals surface area (Å²) in [5.41, 5.74) is 0.799. The van der Waals surface area contributed by atoms with E-state index in [0.717, 1.165) is 0 Å². The molecule has 0 amide bonds. The second-order valence-corrected chi connectivity index (χ2v) is 3.05. The van der Waals surface area contributed by atoms with Crippen LogP contribution in [-0.2, 0) is 0 Å². The Kier molecular flexibility index (Phi) is 2.34. The number of para-hydroxylation sites is 2. The van der Waals surface area contributed by atoms with Gasteiger partial charge in [-0.15, -0.1) is 0 Å². The third kappa shape index (κ3) is 2.00. The molecule has 6 heteroatoms. The predicted molar refractivity (Wildman–Crippen MR) is 50.7 cm³/mol. The number of oxazole rings is 1. The van der Waals surface area contributed by atoms with Crippen LogP contribution in [0.25, 0.3) is 17.2 Å². The van der Waals surface area contributed by atoms with Crippen molar-refractivity contribution in [2.75, 3.05) is 0 Å². The Morgan fingerprint density at radius 2 is 2.00 bits per heavy atom. The number of hydrogen-bond acceptors (Lipinski definition) is 3. The van der Waals surface area contributed by atoms with Crippen LogP contribution in [0.1, 0.15) is 5.89 Å². The molecule has 16 heavy (non-hydrogen) atoms. The monoisotopic (exact) mass is 229 g/mol. The van der Waals surface area contributed by atoms with Gasteiger partial charge < -0.3 is 9.52 Å². The van der Waals surface area contributed by atoms with Crippen LogP contribution < -0.4 is 0 Å². The van der Waals surface area contributed by atoms with Gasteiger partial charge in [0.1, 0.15) is 5.52 Å². The lowest BCUT2D eigenvalue weighted by atomic mass is 10.3. The van der Waals surface area contributed by atoms with Gasteiger partial charge in [-0.25, -0.2) is 4.98 Å². The number of hydrogen-bond donors (Lipinski definition) is 1. The molecule has 0 spiro atoms. The van der Waals surface area contributed by atoms with Crippen molar-refractivity contribution in [1.82, 2.24) is 4.98 Å². The summed E-state index contributed by atoms with van der Waals surface area (Å²) in [6, 6.07) is 6.53. The first kappa shape index (κ1) is 10.5. The van der Waals surface area contributed by atoms with Crippen molar-refractivity contribution < 1.29 is 22.7 Å². The summed E-state index contributed by atoms with van der Waals surface area (Å²) < 4.78 is 41.0. The average Bonchev–Trinajstić information content (AvgIpc) is 2.58. The van der Waals surface area contributed by atoms with Gasteiger partial charge >= 0.3 is 6.18 Å². The normalized spacial score (nSPS) is 13.3.